The highest BCUT2D eigenvalue weighted by atomic mass is 16.6. The number of carbonyl (C=O) groups is 2. The Kier molecular flexibility index (Phi) is 28.8. The van der Waals surface area contributed by atoms with Gasteiger partial charge in [-0.1, -0.05) is 112 Å². The quantitative estimate of drug-likeness (QED) is 0.0653. The van der Waals surface area contributed by atoms with E-state index in [0.717, 1.165) is 83.5 Å². The molecule has 0 aromatic carbocycles. The molecule has 0 saturated heterocycles. The third kappa shape index (κ3) is 28.4. The summed E-state index contributed by atoms with van der Waals surface area (Å²) < 4.78 is 10.4. The van der Waals surface area contributed by atoms with E-state index in [0.29, 0.717) is 12.8 Å². The molecule has 5 nitrogen and oxygen atoms in total. The van der Waals surface area contributed by atoms with Gasteiger partial charge in [-0.25, -0.2) is 0 Å². The van der Waals surface area contributed by atoms with Crippen LogP contribution < -0.4 is 0 Å². The van der Waals surface area contributed by atoms with E-state index >= 15 is 0 Å². The maximum atomic E-state index is 12.0. The molecule has 1 unspecified atom stereocenters. The summed E-state index contributed by atoms with van der Waals surface area (Å²) >= 11 is 0. The number of hydrogen-bond donors (Lipinski definition) is 1. The van der Waals surface area contributed by atoms with Crippen molar-refractivity contribution < 1.29 is 24.2 Å². The molecule has 0 aromatic heterocycles. The van der Waals surface area contributed by atoms with Gasteiger partial charge >= 0.3 is 11.9 Å². The van der Waals surface area contributed by atoms with Gasteiger partial charge in [0, 0.05) is 12.8 Å². The summed E-state index contributed by atoms with van der Waals surface area (Å²) in [6.07, 6.45) is 39.9. The molecule has 0 heterocycles. The molecular weight excluding hydrogens is 500 g/mol. The second kappa shape index (κ2) is 30.9. The van der Waals surface area contributed by atoms with Gasteiger partial charge in [0.1, 0.15) is 6.61 Å². The molecule has 0 fully saturated rings. The summed E-state index contributed by atoms with van der Waals surface area (Å²) in [5, 5.41) is 9.41. The van der Waals surface area contributed by atoms with Crippen LogP contribution in [0, 0.1) is 0 Å². The van der Waals surface area contributed by atoms with Gasteiger partial charge in [0.2, 0.25) is 0 Å². The van der Waals surface area contributed by atoms with Crippen molar-refractivity contribution in [1.29, 1.82) is 0 Å². The van der Waals surface area contributed by atoms with Gasteiger partial charge in [0.05, 0.1) is 6.61 Å². The monoisotopic (exact) mass is 556 g/mol. The Morgan fingerprint density at radius 1 is 0.600 bits per heavy atom. The summed E-state index contributed by atoms with van der Waals surface area (Å²) in [5.74, 6) is -0.667. The lowest BCUT2D eigenvalue weighted by Crippen LogP contribution is -2.28. The van der Waals surface area contributed by atoms with Crippen molar-refractivity contribution in [2.24, 2.45) is 0 Å². The topological polar surface area (TPSA) is 72.8 Å². The van der Waals surface area contributed by atoms with Crippen LogP contribution in [-0.4, -0.2) is 36.4 Å². The minimum atomic E-state index is -0.792. The van der Waals surface area contributed by atoms with Gasteiger partial charge in [-0.15, -0.1) is 0 Å². The predicted molar refractivity (Wildman–Crippen MR) is 168 cm³/mol. The van der Waals surface area contributed by atoms with Crippen LogP contribution in [0.15, 0.2) is 72.9 Å². The van der Waals surface area contributed by atoms with Crippen molar-refractivity contribution in [3.8, 4) is 0 Å². The van der Waals surface area contributed by atoms with Gasteiger partial charge in [0.15, 0.2) is 6.10 Å². The Balaban J connectivity index is 3.73. The lowest BCUT2D eigenvalue weighted by molar-refractivity contribution is -0.161. The summed E-state index contributed by atoms with van der Waals surface area (Å²) in [5.41, 5.74) is 0. The predicted octanol–water partition coefficient (Wildman–Crippen LogP) is 9.05. The molecule has 0 saturated carbocycles. The zero-order chi connectivity index (χ0) is 29.4. The molecule has 0 aliphatic heterocycles. The summed E-state index contributed by atoms with van der Waals surface area (Å²) in [6, 6.07) is 0. The van der Waals surface area contributed by atoms with Crippen LogP contribution in [0.4, 0.5) is 0 Å². The number of ether oxygens (including phenoxy) is 2. The molecule has 0 aliphatic carbocycles. The Hall–Kier alpha value is -2.66. The first-order valence-electron chi connectivity index (χ1n) is 15.5. The molecule has 0 aromatic rings. The lowest BCUT2D eigenvalue weighted by Gasteiger charge is -2.15. The van der Waals surface area contributed by atoms with Gasteiger partial charge in [-0.2, -0.15) is 0 Å². The maximum absolute atomic E-state index is 12.0. The highest BCUT2D eigenvalue weighted by Gasteiger charge is 2.15. The van der Waals surface area contributed by atoms with Crippen LogP contribution >= 0.6 is 0 Å². The molecular formula is C35H56O5. The number of allylic oxidation sites excluding steroid dienone is 12. The fourth-order valence-corrected chi connectivity index (χ4v) is 3.67. The highest BCUT2D eigenvalue weighted by molar-refractivity contribution is 5.70. The van der Waals surface area contributed by atoms with E-state index in [9.17, 15) is 14.7 Å². The van der Waals surface area contributed by atoms with Crippen molar-refractivity contribution in [3.63, 3.8) is 0 Å². The minimum absolute atomic E-state index is 0.0887. The molecule has 0 bridgehead atoms. The largest absolute Gasteiger partial charge is 0.462 e. The zero-order valence-electron chi connectivity index (χ0n) is 25.3. The van der Waals surface area contributed by atoms with Crippen LogP contribution in [0.1, 0.15) is 117 Å². The fourth-order valence-electron chi connectivity index (χ4n) is 3.67. The van der Waals surface area contributed by atoms with Crippen LogP contribution in [0.3, 0.4) is 0 Å². The second-order valence-corrected chi connectivity index (χ2v) is 9.80. The van der Waals surface area contributed by atoms with E-state index in [2.05, 4.69) is 86.8 Å². The Morgan fingerprint density at radius 3 is 1.60 bits per heavy atom. The maximum Gasteiger partial charge on any atom is 0.306 e. The van der Waals surface area contributed by atoms with E-state index < -0.39 is 6.10 Å². The van der Waals surface area contributed by atoms with Crippen LogP contribution in [0.5, 0.6) is 0 Å². The van der Waals surface area contributed by atoms with Gasteiger partial charge < -0.3 is 14.6 Å². The first kappa shape index (κ1) is 37.3. The summed E-state index contributed by atoms with van der Waals surface area (Å²) in [6.45, 7) is 3.86. The molecule has 226 valence electrons. The van der Waals surface area contributed by atoms with E-state index in [4.69, 9.17) is 9.47 Å². The zero-order valence-corrected chi connectivity index (χ0v) is 25.3. The smallest absolute Gasteiger partial charge is 0.306 e. The van der Waals surface area contributed by atoms with Crippen LogP contribution in [-0.2, 0) is 19.1 Å². The van der Waals surface area contributed by atoms with Crippen molar-refractivity contribution in [3.05, 3.63) is 72.9 Å². The lowest BCUT2D eigenvalue weighted by atomic mass is 10.1. The third-order valence-corrected chi connectivity index (χ3v) is 6.01. The highest BCUT2D eigenvalue weighted by Crippen LogP contribution is 2.08. The Bertz CT molecular complexity index is 773. The fraction of sp³-hybridized carbons (Fsp3) is 0.600. The standard InChI is InChI=1S/C35H56O5/c1-3-5-7-9-10-11-12-13-14-15-16-17-18-19-20-21-22-23-24-26-28-30-35(38)40-33(31-36)32-39-34(37)29-27-25-8-6-4-2/h5,7,10-11,13-14,16-17,19-20,22-23,33,36H,3-4,6,8-9,12,15,18,21,24-32H2,1-2H3/b7-5-,11-10-,14-13-,17-16-,20-19-,23-22-. The Morgan fingerprint density at radius 2 is 1.07 bits per heavy atom. The summed E-state index contributed by atoms with van der Waals surface area (Å²) in [7, 11) is 0. The number of aliphatic hydroxyl groups is 1. The first-order chi connectivity index (χ1) is 19.6. The first-order valence-corrected chi connectivity index (χ1v) is 15.5. The van der Waals surface area contributed by atoms with E-state index in [-0.39, 0.29) is 25.2 Å². The average molecular weight is 557 g/mol. The molecule has 0 radical (unpaired) electrons. The molecule has 1 atom stereocenters. The van der Waals surface area contributed by atoms with Gasteiger partial charge in [-0.3, -0.25) is 9.59 Å². The normalized spacial score (nSPS) is 13.2. The van der Waals surface area contributed by atoms with E-state index in [1.165, 1.54) is 6.42 Å². The SMILES string of the molecule is CC/C=C\C/C=C\C/C=C\C/C=C\C/C=C\C/C=C\CCCCC(=O)OC(CO)COC(=O)CCCCCCC. The van der Waals surface area contributed by atoms with E-state index in [1.54, 1.807) is 0 Å². The van der Waals surface area contributed by atoms with Crippen molar-refractivity contribution in [2.45, 2.75) is 123 Å². The van der Waals surface area contributed by atoms with Gasteiger partial charge in [-0.05, 0) is 64.2 Å². The summed E-state index contributed by atoms with van der Waals surface area (Å²) in [4.78, 5) is 23.8. The molecule has 0 spiro atoms. The number of aliphatic hydroxyl groups excluding tert-OH is 1. The number of esters is 2. The van der Waals surface area contributed by atoms with Crippen molar-refractivity contribution in [1.82, 2.24) is 0 Å². The molecule has 0 amide bonds. The van der Waals surface area contributed by atoms with Crippen molar-refractivity contribution in [2.75, 3.05) is 13.2 Å². The van der Waals surface area contributed by atoms with Crippen molar-refractivity contribution >= 4 is 11.9 Å². The number of rotatable bonds is 26. The minimum Gasteiger partial charge on any atom is -0.462 e. The number of carbonyl (C=O) groups excluding carboxylic acids is 2. The second-order valence-electron chi connectivity index (χ2n) is 9.80. The Labute approximate surface area is 244 Å². The third-order valence-electron chi connectivity index (χ3n) is 6.01. The average Bonchev–Trinajstić information content (AvgIpc) is 2.95. The molecule has 0 aliphatic rings. The molecule has 1 N–H and O–H groups in total. The van der Waals surface area contributed by atoms with Gasteiger partial charge in [0.25, 0.3) is 0 Å². The molecule has 40 heavy (non-hydrogen) atoms. The molecule has 0 rings (SSSR count). The van der Waals surface area contributed by atoms with Crippen LogP contribution in [0.25, 0.3) is 0 Å². The number of hydrogen-bond acceptors (Lipinski definition) is 5. The van der Waals surface area contributed by atoms with Crippen LogP contribution in [0.2, 0.25) is 0 Å². The molecule has 5 heteroatoms. The van der Waals surface area contributed by atoms with E-state index in [1.807, 2.05) is 0 Å². The number of unbranched alkanes of at least 4 members (excludes halogenated alkanes) is 6.